The van der Waals surface area contributed by atoms with Crippen LogP contribution in [-0.4, -0.2) is 47.5 Å². The lowest BCUT2D eigenvalue weighted by Crippen LogP contribution is -2.50. The summed E-state index contributed by atoms with van der Waals surface area (Å²) in [6.07, 6.45) is 2.37. The van der Waals surface area contributed by atoms with Crippen LogP contribution in [-0.2, 0) is 4.79 Å². The Kier molecular flexibility index (Phi) is 4.70. The van der Waals surface area contributed by atoms with E-state index in [0.29, 0.717) is 0 Å². The largest absolute Gasteiger partial charge is 0.337 e. The summed E-state index contributed by atoms with van der Waals surface area (Å²) >= 11 is 0. The molecule has 1 fully saturated rings. The first-order valence-corrected chi connectivity index (χ1v) is 6.48. The second kappa shape index (κ2) is 5.57. The maximum absolute atomic E-state index is 11.4. The summed E-state index contributed by atoms with van der Waals surface area (Å²) in [4.78, 5) is 13.2. The number of amides is 1. The Morgan fingerprint density at radius 2 is 1.93 bits per heavy atom. The van der Waals surface area contributed by atoms with Gasteiger partial charge in [0.2, 0.25) is 0 Å². The van der Waals surface area contributed by atoms with E-state index in [0.717, 1.165) is 24.9 Å². The van der Waals surface area contributed by atoms with Crippen LogP contribution in [0.3, 0.4) is 0 Å². The molecule has 1 amide bonds. The van der Waals surface area contributed by atoms with Gasteiger partial charge in [0.25, 0.3) is 5.91 Å². The molecule has 82 valence electrons. The molecule has 0 aliphatic carbocycles. The highest BCUT2D eigenvalue weighted by Crippen LogP contribution is 2.17. The molecule has 0 bridgehead atoms. The van der Waals surface area contributed by atoms with Gasteiger partial charge >= 0.3 is 0 Å². The summed E-state index contributed by atoms with van der Waals surface area (Å²) in [5.74, 6) is 0.275. The molecule has 1 saturated heterocycles. The van der Waals surface area contributed by atoms with Crippen molar-refractivity contribution < 1.29 is 4.79 Å². The molecule has 0 aromatic heterocycles. The Morgan fingerprint density at radius 3 is 2.29 bits per heavy atom. The molecule has 3 nitrogen and oxygen atoms in total. The first kappa shape index (κ1) is 11.8. The molecule has 0 radical (unpaired) electrons. The standard InChI is InChI=1S/C10H21N2OP/c1-4-6-12(7-5-2)14-9-8-11(3)10(9)13/h4-8,14H2,1-3H3. The SMILES string of the molecule is CCCN(CCC)/[PH2]=C1\CN(C)C1=O. The van der Waals surface area contributed by atoms with E-state index in [1.54, 1.807) is 4.90 Å². The number of carbonyl (C=O) groups is 1. The summed E-state index contributed by atoms with van der Waals surface area (Å²) in [5, 5.41) is 1.16. The molecule has 1 heterocycles. The third-order valence-electron chi connectivity index (χ3n) is 2.39. The summed E-state index contributed by atoms with van der Waals surface area (Å²) < 4.78 is 2.46. The van der Waals surface area contributed by atoms with Crippen LogP contribution in [0.4, 0.5) is 0 Å². The number of rotatable bonds is 5. The van der Waals surface area contributed by atoms with E-state index in [9.17, 15) is 4.79 Å². The highest BCUT2D eigenvalue weighted by atomic mass is 31.1. The average molecular weight is 216 g/mol. The topological polar surface area (TPSA) is 23.6 Å². The van der Waals surface area contributed by atoms with Crippen molar-refractivity contribution in [1.29, 1.82) is 0 Å². The van der Waals surface area contributed by atoms with Crippen molar-refractivity contribution in [3.8, 4) is 0 Å². The molecule has 1 aliphatic heterocycles. The van der Waals surface area contributed by atoms with E-state index < -0.39 is 0 Å². The number of carbonyl (C=O) groups excluding carboxylic acids is 1. The third kappa shape index (κ3) is 2.86. The molecule has 1 aliphatic rings. The van der Waals surface area contributed by atoms with Crippen LogP contribution < -0.4 is 0 Å². The second-order valence-corrected chi connectivity index (χ2v) is 5.54. The lowest BCUT2D eigenvalue weighted by atomic mass is 10.2. The number of hydrogen-bond donors (Lipinski definition) is 0. The minimum atomic E-state index is 0.108. The summed E-state index contributed by atoms with van der Waals surface area (Å²) in [6.45, 7) is 7.58. The fraction of sp³-hybridized carbons (Fsp3) is 0.800. The minimum Gasteiger partial charge on any atom is -0.337 e. The van der Waals surface area contributed by atoms with Gasteiger partial charge in [0.05, 0.1) is 6.54 Å². The Hall–Kier alpha value is -0.270. The lowest BCUT2D eigenvalue weighted by Gasteiger charge is -2.31. The van der Waals surface area contributed by atoms with Gasteiger partial charge in [-0.05, 0) is 12.8 Å². The molecular weight excluding hydrogens is 195 g/mol. The molecule has 0 aromatic carbocycles. The van der Waals surface area contributed by atoms with Crippen LogP contribution in [0.15, 0.2) is 0 Å². The number of nitrogens with zero attached hydrogens (tertiary/aromatic N) is 2. The molecule has 0 spiro atoms. The fourth-order valence-corrected chi connectivity index (χ4v) is 3.58. The van der Waals surface area contributed by atoms with Gasteiger partial charge in [-0.1, -0.05) is 22.2 Å². The first-order chi connectivity index (χ1) is 6.69. The van der Waals surface area contributed by atoms with Crippen molar-refractivity contribution in [3.05, 3.63) is 0 Å². The maximum Gasteiger partial charge on any atom is 0.252 e. The monoisotopic (exact) mass is 216 g/mol. The van der Waals surface area contributed by atoms with Crippen molar-refractivity contribution in [2.75, 3.05) is 26.7 Å². The molecule has 0 N–H and O–H groups in total. The molecule has 0 saturated carbocycles. The zero-order valence-electron chi connectivity index (χ0n) is 9.42. The summed E-state index contributed by atoms with van der Waals surface area (Å²) in [5.41, 5.74) is 0. The van der Waals surface area contributed by atoms with Crippen molar-refractivity contribution in [1.82, 2.24) is 9.57 Å². The van der Waals surface area contributed by atoms with Gasteiger partial charge in [-0.2, -0.15) is 0 Å². The predicted octanol–water partition coefficient (Wildman–Crippen LogP) is 1.08. The number of likely N-dealkylation sites (tertiary alicyclic amines) is 1. The average Bonchev–Trinajstić information content (AvgIpc) is 2.17. The smallest absolute Gasteiger partial charge is 0.252 e. The molecule has 0 aromatic rings. The van der Waals surface area contributed by atoms with E-state index >= 15 is 0 Å². The Balaban J connectivity index is 2.49. The lowest BCUT2D eigenvalue weighted by molar-refractivity contribution is -0.125. The van der Waals surface area contributed by atoms with Crippen molar-refractivity contribution in [2.45, 2.75) is 26.7 Å². The zero-order valence-corrected chi connectivity index (χ0v) is 10.6. The number of β-lactam (4-membered cyclic amide) rings is 1. The minimum absolute atomic E-state index is 0.108. The second-order valence-electron chi connectivity index (χ2n) is 3.85. The van der Waals surface area contributed by atoms with Crippen LogP contribution >= 0.6 is 8.35 Å². The highest BCUT2D eigenvalue weighted by molar-refractivity contribution is 7.41. The molecule has 1 unspecified atom stereocenters. The molecule has 4 heteroatoms. The van der Waals surface area contributed by atoms with Gasteiger partial charge in [0, 0.05) is 25.4 Å². The van der Waals surface area contributed by atoms with Gasteiger partial charge in [0.1, 0.15) is 0 Å². The van der Waals surface area contributed by atoms with Crippen molar-refractivity contribution in [2.24, 2.45) is 0 Å². The van der Waals surface area contributed by atoms with Gasteiger partial charge < -0.3 is 4.90 Å². The Morgan fingerprint density at radius 1 is 1.36 bits per heavy atom. The van der Waals surface area contributed by atoms with E-state index in [2.05, 4.69) is 18.5 Å². The highest BCUT2D eigenvalue weighted by Gasteiger charge is 2.26. The van der Waals surface area contributed by atoms with Gasteiger partial charge in [-0.3, -0.25) is 9.46 Å². The predicted molar refractivity (Wildman–Crippen MR) is 64.5 cm³/mol. The summed E-state index contributed by atoms with van der Waals surface area (Å²) in [6, 6.07) is 0. The van der Waals surface area contributed by atoms with Crippen LogP contribution in [0.25, 0.3) is 0 Å². The molecule has 1 rings (SSSR count). The number of hydrogen-bond acceptors (Lipinski definition) is 2. The van der Waals surface area contributed by atoms with E-state index in [-0.39, 0.29) is 14.3 Å². The van der Waals surface area contributed by atoms with Gasteiger partial charge in [-0.15, -0.1) is 0 Å². The first-order valence-electron chi connectivity index (χ1n) is 5.39. The Bertz CT molecular complexity index is 234. The van der Waals surface area contributed by atoms with Crippen molar-refractivity contribution in [3.63, 3.8) is 0 Å². The summed E-state index contributed by atoms with van der Waals surface area (Å²) in [7, 11) is 1.98. The van der Waals surface area contributed by atoms with E-state index in [1.807, 2.05) is 7.05 Å². The fourth-order valence-electron chi connectivity index (χ4n) is 1.68. The quantitative estimate of drug-likeness (QED) is 0.507. The third-order valence-corrected chi connectivity index (χ3v) is 4.01. The van der Waals surface area contributed by atoms with Gasteiger partial charge in [0.15, 0.2) is 0 Å². The van der Waals surface area contributed by atoms with E-state index in [1.165, 1.54) is 12.8 Å². The normalized spacial score (nSPS) is 19.9. The van der Waals surface area contributed by atoms with E-state index in [4.69, 9.17) is 0 Å². The van der Waals surface area contributed by atoms with Crippen LogP contribution in [0.2, 0.25) is 0 Å². The maximum atomic E-state index is 11.4. The molecular formula is C10H21N2OP. The van der Waals surface area contributed by atoms with Crippen LogP contribution in [0.5, 0.6) is 0 Å². The van der Waals surface area contributed by atoms with Crippen LogP contribution in [0, 0.1) is 0 Å². The van der Waals surface area contributed by atoms with Crippen LogP contribution in [0.1, 0.15) is 26.7 Å². The molecule has 14 heavy (non-hydrogen) atoms. The zero-order chi connectivity index (χ0) is 10.6. The van der Waals surface area contributed by atoms with Gasteiger partial charge in [-0.25, -0.2) is 0 Å². The Labute approximate surface area is 87.9 Å². The van der Waals surface area contributed by atoms with Crippen molar-refractivity contribution >= 4 is 19.6 Å². The molecule has 1 atom stereocenters.